The molecule has 0 spiro atoms. The van der Waals surface area contributed by atoms with Crippen molar-refractivity contribution in [2.45, 2.75) is 5.16 Å². The lowest BCUT2D eigenvalue weighted by atomic mass is 10.2. The third-order valence-corrected chi connectivity index (χ3v) is 5.79. The van der Waals surface area contributed by atoms with Gasteiger partial charge in [0.05, 0.1) is 28.9 Å². The first-order valence-electron chi connectivity index (χ1n) is 9.97. The Morgan fingerprint density at radius 1 is 1.00 bits per heavy atom. The molecule has 1 aromatic heterocycles. The van der Waals surface area contributed by atoms with Gasteiger partial charge in [0.2, 0.25) is 5.91 Å². The summed E-state index contributed by atoms with van der Waals surface area (Å²) in [6.07, 6.45) is 0. The maximum Gasteiger partial charge on any atom is 0.266 e. The zero-order valence-corrected chi connectivity index (χ0v) is 18.6. The van der Waals surface area contributed by atoms with E-state index in [9.17, 15) is 9.59 Å². The van der Waals surface area contributed by atoms with Gasteiger partial charge in [0.1, 0.15) is 12.4 Å². The van der Waals surface area contributed by atoms with Gasteiger partial charge < -0.3 is 10.1 Å². The number of rotatable bonds is 8. The van der Waals surface area contributed by atoms with E-state index < -0.39 is 0 Å². The maximum atomic E-state index is 13.2. The summed E-state index contributed by atoms with van der Waals surface area (Å²) in [5.74, 6) is 0.698. The largest absolute Gasteiger partial charge is 0.492 e. The Balaban J connectivity index is 1.47. The third kappa shape index (κ3) is 5.30. The molecule has 1 N–H and O–H groups in total. The predicted octanol–water partition coefficient (Wildman–Crippen LogP) is 4.33. The molecule has 8 heteroatoms. The van der Waals surface area contributed by atoms with E-state index in [0.29, 0.717) is 39.9 Å². The van der Waals surface area contributed by atoms with E-state index in [1.807, 2.05) is 36.4 Å². The van der Waals surface area contributed by atoms with Crippen molar-refractivity contribution in [1.29, 1.82) is 0 Å². The summed E-state index contributed by atoms with van der Waals surface area (Å²) >= 11 is 7.21. The van der Waals surface area contributed by atoms with Gasteiger partial charge in [-0.05, 0) is 48.5 Å². The molecule has 0 aliphatic rings. The van der Waals surface area contributed by atoms with Gasteiger partial charge in [-0.2, -0.15) is 0 Å². The summed E-state index contributed by atoms with van der Waals surface area (Å²) in [7, 11) is 0. The van der Waals surface area contributed by atoms with Gasteiger partial charge in [0, 0.05) is 5.02 Å². The fraction of sp³-hybridized carbons (Fsp3) is 0.125. The normalized spacial score (nSPS) is 10.8. The minimum Gasteiger partial charge on any atom is -0.492 e. The average Bonchev–Trinajstić information content (AvgIpc) is 2.82. The number of nitrogens with one attached hydrogen (secondary N) is 1. The van der Waals surface area contributed by atoms with Crippen LogP contribution in [0.2, 0.25) is 5.02 Å². The van der Waals surface area contributed by atoms with Gasteiger partial charge in [-0.1, -0.05) is 53.7 Å². The van der Waals surface area contributed by atoms with Crippen molar-refractivity contribution in [1.82, 2.24) is 14.9 Å². The molecule has 3 aromatic carbocycles. The zero-order valence-electron chi connectivity index (χ0n) is 17.0. The number of fused-ring (bicyclic) bond motifs is 1. The topological polar surface area (TPSA) is 73.2 Å². The second-order valence-electron chi connectivity index (χ2n) is 6.83. The number of hydrogen-bond donors (Lipinski definition) is 1. The number of aromatic nitrogens is 2. The summed E-state index contributed by atoms with van der Waals surface area (Å²) in [5, 5.41) is 4.34. The van der Waals surface area contributed by atoms with Crippen LogP contribution in [0.1, 0.15) is 0 Å². The van der Waals surface area contributed by atoms with E-state index in [1.54, 1.807) is 42.5 Å². The fourth-order valence-corrected chi connectivity index (χ4v) is 4.05. The highest BCUT2D eigenvalue weighted by molar-refractivity contribution is 7.99. The number of benzene rings is 3. The number of para-hydroxylation sites is 2. The van der Waals surface area contributed by atoms with Crippen molar-refractivity contribution in [3.8, 4) is 11.4 Å². The van der Waals surface area contributed by atoms with Crippen LogP contribution in [0, 0.1) is 0 Å². The summed E-state index contributed by atoms with van der Waals surface area (Å²) in [5.41, 5.74) is 1.02. The first-order chi connectivity index (χ1) is 15.6. The van der Waals surface area contributed by atoms with E-state index >= 15 is 0 Å². The molecule has 0 saturated carbocycles. The molecule has 0 radical (unpaired) electrons. The number of carbonyl (C=O) groups is 1. The lowest BCUT2D eigenvalue weighted by Gasteiger charge is -2.13. The fourth-order valence-electron chi connectivity index (χ4n) is 3.08. The maximum absolute atomic E-state index is 13.2. The number of hydrogen-bond acceptors (Lipinski definition) is 5. The summed E-state index contributed by atoms with van der Waals surface area (Å²) in [4.78, 5) is 30.2. The van der Waals surface area contributed by atoms with Crippen molar-refractivity contribution < 1.29 is 9.53 Å². The van der Waals surface area contributed by atoms with Gasteiger partial charge in [-0.15, -0.1) is 0 Å². The molecule has 0 bridgehead atoms. The third-order valence-electron chi connectivity index (χ3n) is 4.60. The smallest absolute Gasteiger partial charge is 0.266 e. The number of halogens is 1. The predicted molar refractivity (Wildman–Crippen MR) is 128 cm³/mol. The molecule has 0 aliphatic heterocycles. The van der Waals surface area contributed by atoms with Crippen LogP contribution in [-0.4, -0.2) is 34.4 Å². The molecule has 0 unspecified atom stereocenters. The van der Waals surface area contributed by atoms with Gasteiger partial charge >= 0.3 is 0 Å². The molecule has 162 valence electrons. The number of ether oxygens (including phenoxy) is 1. The van der Waals surface area contributed by atoms with Crippen LogP contribution in [0.3, 0.4) is 0 Å². The molecule has 0 saturated heterocycles. The SMILES string of the molecule is O=C(CSc1nc2ccccc2c(=O)n1-c1ccc(Cl)cc1)NCCOc1ccccc1. The van der Waals surface area contributed by atoms with Crippen LogP contribution in [-0.2, 0) is 4.79 Å². The van der Waals surface area contributed by atoms with Crippen LogP contribution in [0.4, 0.5) is 0 Å². The highest BCUT2D eigenvalue weighted by Crippen LogP contribution is 2.22. The van der Waals surface area contributed by atoms with Gasteiger partial charge in [-0.25, -0.2) is 4.98 Å². The van der Waals surface area contributed by atoms with Crippen LogP contribution in [0.25, 0.3) is 16.6 Å². The molecule has 0 atom stereocenters. The van der Waals surface area contributed by atoms with Gasteiger partial charge in [0.25, 0.3) is 5.56 Å². The minimum absolute atomic E-state index is 0.115. The van der Waals surface area contributed by atoms with Crippen molar-refractivity contribution in [2.75, 3.05) is 18.9 Å². The summed E-state index contributed by atoms with van der Waals surface area (Å²) < 4.78 is 7.09. The Bertz CT molecular complexity index is 1280. The Morgan fingerprint density at radius 3 is 2.50 bits per heavy atom. The Labute approximate surface area is 194 Å². The molecule has 4 rings (SSSR count). The second kappa shape index (κ2) is 10.3. The molecule has 0 fully saturated rings. The molecule has 6 nitrogen and oxygen atoms in total. The van der Waals surface area contributed by atoms with Crippen molar-refractivity contribution in [3.63, 3.8) is 0 Å². The Hall–Kier alpha value is -3.29. The highest BCUT2D eigenvalue weighted by Gasteiger charge is 2.14. The number of nitrogens with zero attached hydrogens (tertiary/aromatic N) is 2. The highest BCUT2D eigenvalue weighted by atomic mass is 35.5. The molecule has 4 aromatic rings. The van der Waals surface area contributed by atoms with Gasteiger partial charge in [0.15, 0.2) is 5.16 Å². The lowest BCUT2D eigenvalue weighted by molar-refractivity contribution is -0.118. The Morgan fingerprint density at radius 2 is 1.72 bits per heavy atom. The van der Waals surface area contributed by atoms with E-state index in [1.165, 1.54) is 16.3 Å². The van der Waals surface area contributed by atoms with Crippen LogP contribution < -0.4 is 15.6 Å². The van der Waals surface area contributed by atoms with E-state index in [4.69, 9.17) is 16.3 Å². The van der Waals surface area contributed by atoms with Gasteiger partial charge in [-0.3, -0.25) is 14.2 Å². The van der Waals surface area contributed by atoms with E-state index in [0.717, 1.165) is 5.75 Å². The molecular formula is C24H20ClN3O3S. The molecule has 1 heterocycles. The van der Waals surface area contributed by atoms with Crippen molar-refractivity contribution >= 4 is 40.2 Å². The molecular weight excluding hydrogens is 446 g/mol. The molecule has 32 heavy (non-hydrogen) atoms. The van der Waals surface area contributed by atoms with Crippen LogP contribution >= 0.6 is 23.4 Å². The van der Waals surface area contributed by atoms with Crippen LogP contribution in [0.15, 0.2) is 88.8 Å². The first kappa shape index (κ1) is 21.9. The minimum atomic E-state index is -0.197. The van der Waals surface area contributed by atoms with E-state index in [-0.39, 0.29) is 17.2 Å². The standard InChI is InChI=1S/C24H20ClN3O3S/c25-17-10-12-18(13-11-17)28-23(30)20-8-4-5-9-21(20)27-24(28)32-16-22(29)26-14-15-31-19-6-2-1-3-7-19/h1-13H,14-16H2,(H,26,29). The summed E-state index contributed by atoms with van der Waals surface area (Å²) in [6, 6.07) is 23.5. The first-order valence-corrected chi connectivity index (χ1v) is 11.3. The lowest BCUT2D eigenvalue weighted by Crippen LogP contribution is -2.30. The zero-order chi connectivity index (χ0) is 22.3. The van der Waals surface area contributed by atoms with Crippen molar-refractivity contribution in [3.05, 3.63) is 94.2 Å². The second-order valence-corrected chi connectivity index (χ2v) is 8.21. The molecule has 0 aliphatic carbocycles. The summed E-state index contributed by atoms with van der Waals surface area (Å²) in [6.45, 7) is 0.744. The Kier molecular flexibility index (Phi) is 7.09. The molecule has 1 amide bonds. The number of thioether (sulfide) groups is 1. The van der Waals surface area contributed by atoms with Crippen molar-refractivity contribution in [2.24, 2.45) is 0 Å². The quantitative estimate of drug-likeness (QED) is 0.238. The average molecular weight is 466 g/mol. The van der Waals surface area contributed by atoms with E-state index in [2.05, 4.69) is 10.3 Å². The monoisotopic (exact) mass is 465 g/mol. The number of amides is 1. The van der Waals surface area contributed by atoms with Crippen LogP contribution in [0.5, 0.6) is 5.75 Å². The number of carbonyl (C=O) groups excluding carboxylic acids is 1.